The predicted octanol–water partition coefficient (Wildman–Crippen LogP) is 2.57. The summed E-state index contributed by atoms with van der Waals surface area (Å²) in [6.07, 6.45) is 0. The molecule has 0 spiro atoms. The number of amides is 1. The van der Waals surface area contributed by atoms with Gasteiger partial charge in [0, 0.05) is 5.69 Å². The largest absolute Gasteiger partial charge is 0.507 e. The average Bonchev–Trinajstić information content (AvgIpc) is 2.49. The topological polar surface area (TPSA) is 75.6 Å². The van der Waals surface area contributed by atoms with Crippen LogP contribution in [-0.2, 0) is 4.74 Å². The molecule has 0 radical (unpaired) electrons. The van der Waals surface area contributed by atoms with E-state index in [-0.39, 0.29) is 11.3 Å². The molecule has 0 heterocycles. The quantitative estimate of drug-likeness (QED) is 0.851. The summed E-state index contributed by atoms with van der Waals surface area (Å²) in [5.74, 6) is -2.09. The molecule has 108 valence electrons. The van der Waals surface area contributed by atoms with Crippen molar-refractivity contribution < 1.29 is 23.8 Å². The molecule has 5 nitrogen and oxygen atoms in total. The molecule has 2 rings (SSSR count). The van der Waals surface area contributed by atoms with Gasteiger partial charge in [-0.1, -0.05) is 0 Å². The fourth-order valence-electron chi connectivity index (χ4n) is 1.70. The Morgan fingerprint density at radius 3 is 2.43 bits per heavy atom. The van der Waals surface area contributed by atoms with Gasteiger partial charge in [0.25, 0.3) is 5.91 Å². The number of nitrogens with one attached hydrogen (secondary N) is 1. The summed E-state index contributed by atoms with van der Waals surface area (Å²) >= 11 is 0. The van der Waals surface area contributed by atoms with Gasteiger partial charge in [0.1, 0.15) is 11.6 Å². The third kappa shape index (κ3) is 3.36. The highest BCUT2D eigenvalue weighted by atomic mass is 19.1. The lowest BCUT2D eigenvalue weighted by molar-refractivity contribution is 0.0600. The smallest absolute Gasteiger partial charge is 0.337 e. The molecule has 0 aliphatic heterocycles. The van der Waals surface area contributed by atoms with Gasteiger partial charge in [-0.05, 0) is 42.5 Å². The maximum Gasteiger partial charge on any atom is 0.337 e. The van der Waals surface area contributed by atoms with Crippen molar-refractivity contribution in [2.45, 2.75) is 0 Å². The van der Waals surface area contributed by atoms with Gasteiger partial charge in [-0.15, -0.1) is 0 Å². The number of phenolic OH excluding ortho intramolecular Hbond substituents is 1. The number of hydrogen-bond donors (Lipinski definition) is 2. The number of anilines is 1. The van der Waals surface area contributed by atoms with Crippen LogP contribution in [0.1, 0.15) is 20.7 Å². The number of methoxy groups -OCH3 is 1. The summed E-state index contributed by atoms with van der Waals surface area (Å²) in [4.78, 5) is 23.2. The highest BCUT2D eigenvalue weighted by Crippen LogP contribution is 2.20. The molecule has 1 amide bonds. The molecule has 2 aromatic rings. The molecular formula is C15H12FNO4. The minimum atomic E-state index is -0.655. The van der Waals surface area contributed by atoms with Gasteiger partial charge in [-0.25, -0.2) is 9.18 Å². The lowest BCUT2D eigenvalue weighted by atomic mass is 10.1. The molecule has 0 saturated carbocycles. The highest BCUT2D eigenvalue weighted by molar-refractivity contribution is 6.06. The van der Waals surface area contributed by atoms with Gasteiger partial charge in [0.05, 0.1) is 18.2 Å². The van der Waals surface area contributed by atoms with Gasteiger partial charge in [0.15, 0.2) is 0 Å². The average molecular weight is 289 g/mol. The first-order valence-electron chi connectivity index (χ1n) is 5.99. The molecule has 2 N–H and O–H groups in total. The van der Waals surface area contributed by atoms with Crippen LogP contribution in [0.4, 0.5) is 10.1 Å². The number of aromatic hydroxyl groups is 1. The zero-order valence-electron chi connectivity index (χ0n) is 11.1. The zero-order chi connectivity index (χ0) is 15.4. The number of carbonyl (C=O) groups is 2. The van der Waals surface area contributed by atoms with Crippen molar-refractivity contribution in [1.29, 1.82) is 0 Å². The number of rotatable bonds is 3. The lowest BCUT2D eigenvalue weighted by Crippen LogP contribution is -2.12. The van der Waals surface area contributed by atoms with E-state index < -0.39 is 17.7 Å². The van der Waals surface area contributed by atoms with E-state index in [1.54, 1.807) is 0 Å². The van der Waals surface area contributed by atoms with Crippen molar-refractivity contribution in [2.75, 3.05) is 12.4 Å². The summed E-state index contributed by atoms with van der Waals surface area (Å²) in [7, 11) is 1.27. The number of benzene rings is 2. The minimum Gasteiger partial charge on any atom is -0.507 e. The Morgan fingerprint density at radius 2 is 1.81 bits per heavy atom. The van der Waals surface area contributed by atoms with Crippen molar-refractivity contribution >= 4 is 17.6 Å². The Balaban J connectivity index is 2.16. The Kier molecular flexibility index (Phi) is 4.18. The van der Waals surface area contributed by atoms with Crippen LogP contribution < -0.4 is 5.32 Å². The van der Waals surface area contributed by atoms with Crippen LogP contribution >= 0.6 is 0 Å². The Bertz CT molecular complexity index is 683. The molecule has 6 heteroatoms. The number of carbonyl (C=O) groups excluding carboxylic acids is 2. The Labute approximate surface area is 120 Å². The van der Waals surface area contributed by atoms with E-state index in [0.717, 1.165) is 18.2 Å². The maximum atomic E-state index is 13.1. The van der Waals surface area contributed by atoms with Crippen LogP contribution in [0.25, 0.3) is 0 Å². The van der Waals surface area contributed by atoms with Crippen molar-refractivity contribution in [1.82, 2.24) is 0 Å². The van der Waals surface area contributed by atoms with Crippen LogP contribution in [0.15, 0.2) is 42.5 Å². The van der Waals surface area contributed by atoms with Crippen molar-refractivity contribution in [3.63, 3.8) is 0 Å². The van der Waals surface area contributed by atoms with Crippen LogP contribution in [0, 0.1) is 5.82 Å². The van der Waals surface area contributed by atoms with Crippen molar-refractivity contribution in [2.24, 2.45) is 0 Å². The van der Waals surface area contributed by atoms with Crippen molar-refractivity contribution in [3.05, 3.63) is 59.4 Å². The summed E-state index contributed by atoms with van der Waals surface area (Å²) in [5.41, 5.74) is 0.562. The molecular weight excluding hydrogens is 277 g/mol. The molecule has 0 fully saturated rings. The number of phenols is 1. The van der Waals surface area contributed by atoms with E-state index in [2.05, 4.69) is 10.1 Å². The molecule has 0 bridgehead atoms. The first kappa shape index (κ1) is 14.5. The zero-order valence-corrected chi connectivity index (χ0v) is 11.1. The van der Waals surface area contributed by atoms with E-state index in [4.69, 9.17) is 0 Å². The molecule has 0 aliphatic rings. The summed E-state index contributed by atoms with van der Waals surface area (Å²) in [6.45, 7) is 0. The minimum absolute atomic E-state index is 0.174. The van der Waals surface area contributed by atoms with E-state index >= 15 is 0 Å². The first-order valence-corrected chi connectivity index (χ1v) is 5.99. The second-order valence-electron chi connectivity index (χ2n) is 4.18. The van der Waals surface area contributed by atoms with Crippen LogP contribution in [0.2, 0.25) is 0 Å². The third-order valence-electron chi connectivity index (χ3n) is 2.77. The Morgan fingerprint density at radius 1 is 1.14 bits per heavy atom. The first-order chi connectivity index (χ1) is 10.0. The normalized spacial score (nSPS) is 10.0. The van der Waals surface area contributed by atoms with E-state index in [9.17, 15) is 19.1 Å². The van der Waals surface area contributed by atoms with E-state index in [0.29, 0.717) is 11.3 Å². The fourth-order valence-corrected chi connectivity index (χ4v) is 1.70. The van der Waals surface area contributed by atoms with Crippen LogP contribution in [0.5, 0.6) is 5.75 Å². The number of ether oxygens (including phenoxy) is 1. The van der Waals surface area contributed by atoms with E-state index in [1.165, 1.54) is 31.4 Å². The van der Waals surface area contributed by atoms with Gasteiger partial charge in [-0.2, -0.15) is 0 Å². The fraction of sp³-hybridized carbons (Fsp3) is 0.0667. The standard InChI is InChI=1S/C15H12FNO4/c1-21-15(20)9-2-5-11(6-3-9)17-14(19)12-8-10(16)4-7-13(12)18/h2-8,18H,1H3,(H,17,19). The van der Waals surface area contributed by atoms with Crippen molar-refractivity contribution in [3.8, 4) is 5.75 Å². The molecule has 0 aliphatic carbocycles. The third-order valence-corrected chi connectivity index (χ3v) is 2.77. The Hall–Kier alpha value is -2.89. The predicted molar refractivity (Wildman–Crippen MR) is 73.8 cm³/mol. The van der Waals surface area contributed by atoms with Gasteiger partial charge in [-0.3, -0.25) is 4.79 Å². The molecule has 0 atom stereocenters. The molecule has 0 saturated heterocycles. The van der Waals surface area contributed by atoms with Gasteiger partial charge < -0.3 is 15.2 Å². The second-order valence-corrected chi connectivity index (χ2v) is 4.18. The molecule has 0 unspecified atom stereocenters. The molecule has 2 aromatic carbocycles. The summed E-state index contributed by atoms with van der Waals surface area (Å²) in [5, 5.41) is 12.0. The lowest BCUT2D eigenvalue weighted by Gasteiger charge is -2.07. The summed E-state index contributed by atoms with van der Waals surface area (Å²) < 4.78 is 17.6. The van der Waals surface area contributed by atoms with Gasteiger partial charge in [0.2, 0.25) is 0 Å². The number of halogens is 1. The van der Waals surface area contributed by atoms with E-state index in [1.807, 2.05) is 0 Å². The van der Waals surface area contributed by atoms with Gasteiger partial charge >= 0.3 is 5.97 Å². The van der Waals surface area contributed by atoms with Crippen LogP contribution in [-0.4, -0.2) is 24.1 Å². The monoisotopic (exact) mass is 289 g/mol. The molecule has 21 heavy (non-hydrogen) atoms. The highest BCUT2D eigenvalue weighted by Gasteiger charge is 2.13. The number of hydrogen-bond acceptors (Lipinski definition) is 4. The maximum absolute atomic E-state index is 13.1. The number of esters is 1. The molecule has 0 aromatic heterocycles. The van der Waals surface area contributed by atoms with Crippen LogP contribution in [0.3, 0.4) is 0 Å². The SMILES string of the molecule is COC(=O)c1ccc(NC(=O)c2cc(F)ccc2O)cc1. The second kappa shape index (κ2) is 6.04. The summed E-state index contributed by atoms with van der Waals surface area (Å²) in [6, 6.07) is 9.05.